The molecule has 0 aliphatic carbocycles. The smallest absolute Gasteiger partial charge is 0.284 e. The van der Waals surface area contributed by atoms with Gasteiger partial charge in [0, 0.05) is 6.92 Å². The summed E-state index contributed by atoms with van der Waals surface area (Å²) in [6.07, 6.45) is 0. The predicted molar refractivity (Wildman–Crippen MR) is 60.6 cm³/mol. The van der Waals surface area contributed by atoms with Gasteiger partial charge in [-0.3, -0.25) is 9.89 Å². The zero-order valence-corrected chi connectivity index (χ0v) is 8.84. The van der Waals surface area contributed by atoms with E-state index in [1.54, 1.807) is 13.8 Å². The molecule has 2 heterocycles. The fraction of sp³-hybridized carbons (Fsp3) is 0.500. The van der Waals surface area contributed by atoms with E-state index in [0.29, 0.717) is 11.7 Å². The van der Waals surface area contributed by atoms with Crippen molar-refractivity contribution in [2.75, 3.05) is 0 Å². The second kappa shape index (κ2) is 3.47. The van der Waals surface area contributed by atoms with Gasteiger partial charge in [-0.25, -0.2) is 15.3 Å². The van der Waals surface area contributed by atoms with Crippen LogP contribution in [0.15, 0.2) is 15.0 Å². The van der Waals surface area contributed by atoms with Crippen LogP contribution in [0.5, 0.6) is 0 Å². The Hall–Kier alpha value is -2.12. The van der Waals surface area contributed by atoms with Crippen LogP contribution in [0.2, 0.25) is 0 Å². The summed E-state index contributed by atoms with van der Waals surface area (Å²) in [7, 11) is 0. The minimum absolute atomic E-state index is 0.0981. The summed E-state index contributed by atoms with van der Waals surface area (Å²) in [6, 6.07) is -1.26. The number of rotatable bonds is 1. The molecule has 8 nitrogen and oxygen atoms in total. The molecule has 0 radical (unpaired) electrons. The van der Waals surface area contributed by atoms with Crippen LogP contribution in [0.3, 0.4) is 0 Å². The van der Waals surface area contributed by atoms with E-state index < -0.39 is 17.0 Å². The maximum absolute atomic E-state index is 10.8. The molecule has 2 aliphatic heterocycles. The molecule has 0 spiro atoms. The standard InChI is InChI=1S/C8H11N6O2/c1-3-10-5(7(9)12-3)6-8(14(15)16)13-4(2)11-6/h5-6H,1-2H3,(H3-,9,10,11,12,13,15,16)/q-1. The lowest BCUT2D eigenvalue weighted by Gasteiger charge is -2.18. The van der Waals surface area contributed by atoms with Crippen LogP contribution in [0.4, 0.5) is 0 Å². The van der Waals surface area contributed by atoms with E-state index >= 15 is 0 Å². The van der Waals surface area contributed by atoms with Gasteiger partial charge in [0.15, 0.2) is 11.9 Å². The van der Waals surface area contributed by atoms with Gasteiger partial charge >= 0.3 is 0 Å². The molecular formula is C8H11N6O2-. The van der Waals surface area contributed by atoms with E-state index in [1.807, 2.05) is 0 Å². The monoisotopic (exact) mass is 223 g/mol. The number of hydrogen-bond acceptors (Lipinski definition) is 6. The van der Waals surface area contributed by atoms with Gasteiger partial charge in [-0.1, -0.05) is 0 Å². The van der Waals surface area contributed by atoms with Crippen LogP contribution in [-0.2, 0) is 0 Å². The summed E-state index contributed by atoms with van der Waals surface area (Å²) in [6.45, 7) is 3.35. The Morgan fingerprint density at radius 2 is 1.94 bits per heavy atom. The van der Waals surface area contributed by atoms with Gasteiger partial charge in [0.2, 0.25) is 0 Å². The van der Waals surface area contributed by atoms with Gasteiger partial charge in [0.25, 0.3) is 5.84 Å². The lowest BCUT2D eigenvalue weighted by atomic mass is 10.1. The fourth-order valence-corrected chi connectivity index (χ4v) is 1.72. The lowest BCUT2D eigenvalue weighted by Crippen LogP contribution is -2.44. The van der Waals surface area contributed by atoms with Crippen LogP contribution < -0.4 is 11.1 Å². The maximum Gasteiger partial charge on any atom is 0.284 e. The average Bonchev–Trinajstić information content (AvgIpc) is 2.69. The van der Waals surface area contributed by atoms with Crippen LogP contribution in [0.25, 0.3) is 0 Å². The zero-order valence-electron chi connectivity index (χ0n) is 8.84. The van der Waals surface area contributed by atoms with Gasteiger partial charge < -0.3 is 16.1 Å². The lowest BCUT2D eigenvalue weighted by molar-refractivity contribution is -0.382. The van der Waals surface area contributed by atoms with Crippen molar-refractivity contribution in [3.8, 4) is 0 Å². The molecule has 0 saturated carbocycles. The maximum atomic E-state index is 10.8. The average molecular weight is 223 g/mol. The second-order valence-electron chi connectivity index (χ2n) is 3.58. The third kappa shape index (κ3) is 1.58. The first-order chi connectivity index (χ1) is 7.49. The number of nitrogens with zero attached hydrogens (tertiary/aromatic N) is 4. The van der Waals surface area contributed by atoms with E-state index in [4.69, 9.17) is 5.73 Å². The van der Waals surface area contributed by atoms with Crippen molar-refractivity contribution in [3.05, 3.63) is 10.4 Å². The Morgan fingerprint density at radius 3 is 2.44 bits per heavy atom. The van der Waals surface area contributed by atoms with Crippen LogP contribution in [-0.4, -0.2) is 40.3 Å². The van der Waals surface area contributed by atoms with Crippen LogP contribution in [0, 0.1) is 10.4 Å². The summed E-state index contributed by atoms with van der Waals surface area (Å²) in [5.41, 5.74) is 5.66. The van der Waals surface area contributed by atoms with E-state index in [9.17, 15) is 10.4 Å². The van der Waals surface area contributed by atoms with E-state index in [0.717, 1.165) is 0 Å². The fourth-order valence-electron chi connectivity index (χ4n) is 1.72. The van der Waals surface area contributed by atoms with Crippen LogP contribution in [0.1, 0.15) is 13.8 Å². The third-order valence-electron chi connectivity index (χ3n) is 2.34. The highest BCUT2D eigenvalue weighted by molar-refractivity contribution is 6.11. The molecule has 0 aromatic heterocycles. The number of amidine groups is 4. The summed E-state index contributed by atoms with van der Waals surface area (Å²) < 4.78 is 0. The molecular weight excluding hydrogens is 212 g/mol. The number of aliphatic imine (C=N–C) groups is 3. The molecule has 2 aliphatic rings. The van der Waals surface area contributed by atoms with Crippen molar-refractivity contribution < 1.29 is 4.90 Å². The van der Waals surface area contributed by atoms with Crippen LogP contribution >= 0.6 is 0 Å². The molecule has 0 amide bonds. The Morgan fingerprint density at radius 1 is 1.25 bits per heavy atom. The van der Waals surface area contributed by atoms with Crippen molar-refractivity contribution >= 4 is 23.3 Å². The summed E-state index contributed by atoms with van der Waals surface area (Å²) >= 11 is 0. The van der Waals surface area contributed by atoms with Crippen molar-refractivity contribution in [2.24, 2.45) is 20.7 Å². The number of hydrogen-bond donors (Lipinski definition) is 2. The molecule has 8 heteroatoms. The van der Waals surface area contributed by atoms with Gasteiger partial charge in [0.1, 0.15) is 17.7 Å². The number of nitrogens with two attached hydrogens (primary N) is 1. The first kappa shape index (κ1) is 10.4. The Balaban J connectivity index is 2.34. The SMILES string of the molecule is CC1=NC(C2N=C(C)NC2=[N+]([O-])[O-])C(N)=N1. The second-order valence-corrected chi connectivity index (χ2v) is 3.58. The highest BCUT2D eigenvalue weighted by atomic mass is 16.8. The summed E-state index contributed by atoms with van der Waals surface area (Å²) in [5.74, 6) is 1.18. The van der Waals surface area contributed by atoms with E-state index in [-0.39, 0.29) is 11.7 Å². The normalized spacial score (nSPS) is 28.4. The molecule has 3 N–H and O–H groups in total. The molecule has 16 heavy (non-hydrogen) atoms. The van der Waals surface area contributed by atoms with Crippen molar-refractivity contribution in [2.45, 2.75) is 25.9 Å². The van der Waals surface area contributed by atoms with Gasteiger partial charge in [0.05, 0.1) is 0 Å². The molecule has 86 valence electrons. The largest absolute Gasteiger partial charge is 0.712 e. The molecule has 0 saturated heterocycles. The quantitative estimate of drug-likeness (QED) is 0.434. The Bertz CT molecular complexity index is 445. The predicted octanol–water partition coefficient (Wildman–Crippen LogP) is -1.06. The van der Waals surface area contributed by atoms with Crippen molar-refractivity contribution in [1.29, 1.82) is 0 Å². The number of nitrogens with one attached hydrogen (secondary N) is 1. The van der Waals surface area contributed by atoms with Gasteiger partial charge in [-0.05, 0) is 6.92 Å². The highest BCUT2D eigenvalue weighted by Gasteiger charge is 2.39. The molecule has 2 rings (SSSR count). The summed E-state index contributed by atoms with van der Waals surface area (Å²) in [4.78, 5) is 11.7. The third-order valence-corrected chi connectivity index (χ3v) is 2.34. The topological polar surface area (TPSA) is 124 Å². The van der Waals surface area contributed by atoms with Gasteiger partial charge in [-0.2, -0.15) is 0 Å². The molecule has 0 aromatic rings. The molecule has 2 atom stereocenters. The molecule has 0 aromatic carbocycles. The first-order valence-electron chi connectivity index (χ1n) is 4.70. The molecule has 0 bridgehead atoms. The Kier molecular flexibility index (Phi) is 2.26. The van der Waals surface area contributed by atoms with Crippen molar-refractivity contribution in [3.63, 3.8) is 0 Å². The van der Waals surface area contributed by atoms with E-state index in [2.05, 4.69) is 20.3 Å². The Labute approximate surface area is 91.5 Å². The molecule has 0 fully saturated rings. The minimum atomic E-state index is -0.698. The van der Waals surface area contributed by atoms with Crippen molar-refractivity contribution in [1.82, 2.24) is 5.32 Å². The van der Waals surface area contributed by atoms with Gasteiger partial charge in [-0.15, -0.1) is 0 Å². The first-order valence-corrected chi connectivity index (χ1v) is 4.70. The molecule has 2 unspecified atom stereocenters. The highest BCUT2D eigenvalue weighted by Crippen LogP contribution is 2.15. The minimum Gasteiger partial charge on any atom is -0.712 e. The zero-order chi connectivity index (χ0) is 11.9. The van der Waals surface area contributed by atoms with E-state index in [1.165, 1.54) is 0 Å². The summed E-state index contributed by atoms with van der Waals surface area (Å²) in [5, 5.41) is 24.2.